The Hall–Kier alpha value is -4.16. The van der Waals surface area contributed by atoms with Gasteiger partial charge in [0, 0.05) is 37.7 Å². The van der Waals surface area contributed by atoms with Gasteiger partial charge in [0.1, 0.15) is 24.3 Å². The largest absolute Gasteiger partial charge is 0.444 e. The van der Waals surface area contributed by atoms with Crippen LogP contribution < -0.4 is 15.5 Å². The Bertz CT molecular complexity index is 1270. The normalized spacial score (nSPS) is 16.3. The molecule has 0 bridgehead atoms. The van der Waals surface area contributed by atoms with Crippen molar-refractivity contribution in [1.29, 1.82) is 0 Å². The summed E-state index contributed by atoms with van der Waals surface area (Å²) in [7, 11) is 1.67. The van der Waals surface area contributed by atoms with Crippen molar-refractivity contribution in [3.8, 4) is 11.5 Å². The summed E-state index contributed by atoms with van der Waals surface area (Å²) in [5, 5.41) is 9.20. The zero-order valence-corrected chi connectivity index (χ0v) is 18.8. The fourth-order valence-electron chi connectivity index (χ4n) is 3.65. The molecule has 1 aliphatic heterocycles. The monoisotopic (exact) mass is 489 g/mol. The van der Waals surface area contributed by atoms with Crippen LogP contribution >= 0.6 is 0 Å². The second-order valence-electron chi connectivity index (χ2n) is 7.92. The molecule has 0 spiro atoms. The number of alkyl halides is 3. The summed E-state index contributed by atoms with van der Waals surface area (Å²) in [6.45, 7) is 1.09. The Kier molecular flexibility index (Phi) is 6.58. The number of aryl methyl sites for hydroxylation is 1. The number of allylic oxidation sites excluding steroid dienone is 1. The predicted molar refractivity (Wildman–Crippen MR) is 121 cm³/mol. The summed E-state index contributed by atoms with van der Waals surface area (Å²) < 4.78 is 44.2. The van der Waals surface area contributed by atoms with Crippen molar-refractivity contribution in [3.05, 3.63) is 48.6 Å². The van der Waals surface area contributed by atoms with Crippen molar-refractivity contribution in [2.45, 2.75) is 19.5 Å². The van der Waals surface area contributed by atoms with Crippen molar-refractivity contribution in [2.75, 3.05) is 28.6 Å². The third-order valence-corrected chi connectivity index (χ3v) is 5.15. The van der Waals surface area contributed by atoms with Gasteiger partial charge in [0.05, 0.1) is 6.20 Å². The van der Waals surface area contributed by atoms with Crippen LogP contribution in [0.2, 0.25) is 0 Å². The molecule has 10 nitrogen and oxygen atoms in total. The molecule has 13 heteroatoms. The molecule has 1 saturated heterocycles. The van der Waals surface area contributed by atoms with Crippen LogP contribution in [0.15, 0.2) is 47.4 Å². The molecule has 3 aromatic heterocycles. The zero-order chi connectivity index (χ0) is 25.2. The predicted octanol–water partition coefficient (Wildman–Crippen LogP) is 3.63. The first-order valence-corrected chi connectivity index (χ1v) is 10.6. The summed E-state index contributed by atoms with van der Waals surface area (Å²) in [6, 6.07) is 2.82. The number of aromatic nitrogens is 4. The van der Waals surface area contributed by atoms with Gasteiger partial charge in [-0.05, 0) is 19.1 Å². The third-order valence-electron chi connectivity index (χ3n) is 5.15. The molecule has 0 aliphatic carbocycles. The average Bonchev–Trinajstić information content (AvgIpc) is 3.51. The topological polar surface area (TPSA) is 118 Å². The maximum absolute atomic E-state index is 12.8. The van der Waals surface area contributed by atoms with E-state index < -0.39 is 18.6 Å². The standard InChI is InChI=1S/C22H22F3N7O3/c1-3-4-13-7-18(33)32(9-13)19-15(10-31(2)30-19)28-20(34)16-11-35-21(29-16)14-5-6-26-17(8-14)27-12-22(23,24)25/h3-6,8,10-11,13H,7,9,12H2,1-2H3,(H,26,27)(H,28,34)/b4-3+/t13-/m0/s1. The highest BCUT2D eigenvalue weighted by molar-refractivity contribution is 6.06. The number of carbonyl (C=O) groups excluding carboxylic acids is 2. The number of anilines is 3. The Morgan fingerprint density at radius 1 is 1.37 bits per heavy atom. The lowest BCUT2D eigenvalue weighted by Gasteiger charge is -2.15. The van der Waals surface area contributed by atoms with Gasteiger partial charge in [0.25, 0.3) is 5.91 Å². The van der Waals surface area contributed by atoms with E-state index in [0.717, 1.165) is 6.26 Å². The fourth-order valence-corrected chi connectivity index (χ4v) is 3.65. The number of amides is 2. The number of carbonyl (C=O) groups is 2. The first kappa shape index (κ1) is 24.0. The van der Waals surface area contributed by atoms with E-state index in [1.165, 1.54) is 27.9 Å². The van der Waals surface area contributed by atoms with Gasteiger partial charge in [-0.1, -0.05) is 12.2 Å². The molecular weight excluding hydrogens is 467 g/mol. The minimum Gasteiger partial charge on any atom is -0.444 e. The molecule has 3 aromatic rings. The molecular formula is C22H22F3N7O3. The summed E-state index contributed by atoms with van der Waals surface area (Å²) in [5.74, 6) is -0.296. The van der Waals surface area contributed by atoms with E-state index in [4.69, 9.17) is 4.42 Å². The molecule has 1 aliphatic rings. The highest BCUT2D eigenvalue weighted by Crippen LogP contribution is 2.31. The number of pyridine rings is 1. The molecule has 2 amide bonds. The second kappa shape index (κ2) is 9.60. The molecule has 184 valence electrons. The maximum Gasteiger partial charge on any atom is 0.405 e. The minimum absolute atomic E-state index is 0.0180. The lowest BCUT2D eigenvalue weighted by molar-refractivity contribution is -0.117. The van der Waals surface area contributed by atoms with E-state index in [9.17, 15) is 22.8 Å². The van der Waals surface area contributed by atoms with Crippen LogP contribution in [-0.4, -0.2) is 50.8 Å². The van der Waals surface area contributed by atoms with E-state index in [0.29, 0.717) is 30.0 Å². The molecule has 0 unspecified atom stereocenters. The van der Waals surface area contributed by atoms with Crippen LogP contribution in [0.4, 0.5) is 30.5 Å². The first-order chi connectivity index (χ1) is 16.6. The fraction of sp³-hybridized carbons (Fsp3) is 0.318. The molecule has 0 aromatic carbocycles. The van der Waals surface area contributed by atoms with Crippen LogP contribution in [0.5, 0.6) is 0 Å². The summed E-state index contributed by atoms with van der Waals surface area (Å²) in [5.41, 5.74) is 0.610. The van der Waals surface area contributed by atoms with Crippen LogP contribution in [0.1, 0.15) is 23.8 Å². The molecule has 1 atom stereocenters. The van der Waals surface area contributed by atoms with E-state index in [2.05, 4.69) is 25.7 Å². The maximum atomic E-state index is 12.8. The number of oxazole rings is 1. The van der Waals surface area contributed by atoms with Crippen LogP contribution in [-0.2, 0) is 11.8 Å². The van der Waals surface area contributed by atoms with Crippen molar-refractivity contribution < 1.29 is 27.2 Å². The Morgan fingerprint density at radius 3 is 2.91 bits per heavy atom. The van der Waals surface area contributed by atoms with Crippen LogP contribution in [0, 0.1) is 5.92 Å². The number of nitrogens with one attached hydrogen (secondary N) is 2. The number of rotatable bonds is 7. The van der Waals surface area contributed by atoms with Gasteiger partial charge in [-0.25, -0.2) is 9.97 Å². The van der Waals surface area contributed by atoms with Crippen LogP contribution in [0.25, 0.3) is 11.5 Å². The molecule has 0 saturated carbocycles. The van der Waals surface area contributed by atoms with E-state index in [1.807, 2.05) is 19.1 Å². The van der Waals surface area contributed by atoms with E-state index >= 15 is 0 Å². The van der Waals surface area contributed by atoms with Gasteiger partial charge in [0.15, 0.2) is 11.5 Å². The highest BCUT2D eigenvalue weighted by atomic mass is 19.4. The van der Waals surface area contributed by atoms with Crippen molar-refractivity contribution in [2.24, 2.45) is 13.0 Å². The molecule has 0 radical (unpaired) electrons. The van der Waals surface area contributed by atoms with Crippen molar-refractivity contribution in [3.63, 3.8) is 0 Å². The number of hydrogen-bond donors (Lipinski definition) is 2. The molecule has 35 heavy (non-hydrogen) atoms. The Balaban J connectivity index is 1.49. The molecule has 4 rings (SSSR count). The number of hydrogen-bond acceptors (Lipinski definition) is 7. The van der Waals surface area contributed by atoms with Gasteiger partial charge >= 0.3 is 6.18 Å². The third kappa shape index (κ3) is 5.67. The van der Waals surface area contributed by atoms with E-state index in [1.54, 1.807) is 13.2 Å². The SMILES string of the molecule is C/C=C/[C@H]1CC(=O)N(c2nn(C)cc2NC(=O)c2coc(-c3ccnc(NCC(F)(F)F)c3)n2)C1. The number of halogens is 3. The smallest absolute Gasteiger partial charge is 0.405 e. The summed E-state index contributed by atoms with van der Waals surface area (Å²) in [4.78, 5) is 34.8. The minimum atomic E-state index is -4.40. The highest BCUT2D eigenvalue weighted by Gasteiger charge is 2.33. The zero-order valence-electron chi connectivity index (χ0n) is 18.8. The van der Waals surface area contributed by atoms with Gasteiger partial charge in [-0.2, -0.15) is 18.3 Å². The Labute approximate surface area is 197 Å². The Morgan fingerprint density at radius 2 is 2.17 bits per heavy atom. The van der Waals surface area contributed by atoms with Gasteiger partial charge in [-0.15, -0.1) is 0 Å². The summed E-state index contributed by atoms with van der Waals surface area (Å²) >= 11 is 0. The van der Waals surface area contributed by atoms with Gasteiger partial charge in [-0.3, -0.25) is 19.2 Å². The molecule has 4 heterocycles. The van der Waals surface area contributed by atoms with Gasteiger partial charge < -0.3 is 15.1 Å². The van der Waals surface area contributed by atoms with Crippen molar-refractivity contribution >= 4 is 29.1 Å². The summed E-state index contributed by atoms with van der Waals surface area (Å²) in [6.07, 6.45) is 3.81. The number of nitrogens with zero attached hydrogens (tertiary/aromatic N) is 5. The quantitative estimate of drug-likeness (QED) is 0.487. The van der Waals surface area contributed by atoms with Gasteiger partial charge in [0.2, 0.25) is 11.8 Å². The van der Waals surface area contributed by atoms with Crippen molar-refractivity contribution in [1.82, 2.24) is 19.7 Å². The average molecular weight is 489 g/mol. The molecule has 2 N–H and O–H groups in total. The first-order valence-electron chi connectivity index (χ1n) is 10.6. The molecule has 1 fully saturated rings. The second-order valence-corrected chi connectivity index (χ2v) is 7.92. The van der Waals surface area contributed by atoms with Crippen LogP contribution in [0.3, 0.4) is 0 Å². The lowest BCUT2D eigenvalue weighted by Crippen LogP contribution is -2.26. The van der Waals surface area contributed by atoms with E-state index in [-0.39, 0.29) is 29.2 Å². The lowest BCUT2D eigenvalue weighted by atomic mass is 10.1.